The van der Waals surface area contributed by atoms with E-state index in [2.05, 4.69) is 10.6 Å². The molecule has 1 fully saturated rings. The van der Waals surface area contributed by atoms with Crippen LogP contribution in [0.15, 0.2) is 24.3 Å². The van der Waals surface area contributed by atoms with Gasteiger partial charge in [-0.15, -0.1) is 0 Å². The molecule has 0 unspecified atom stereocenters. The lowest BCUT2D eigenvalue weighted by atomic mass is 10.0. The van der Waals surface area contributed by atoms with Crippen LogP contribution in [0.1, 0.15) is 24.8 Å². The van der Waals surface area contributed by atoms with Crippen LogP contribution >= 0.6 is 0 Å². The molecule has 1 aromatic rings. The summed E-state index contributed by atoms with van der Waals surface area (Å²) in [6.07, 6.45) is 3.35. The molecule has 1 aliphatic rings. The molecular weight excluding hydrogens is 226 g/mol. The largest absolute Gasteiger partial charge is 0.337 e. The van der Waals surface area contributed by atoms with Gasteiger partial charge in [-0.1, -0.05) is 12.1 Å². The summed E-state index contributed by atoms with van der Waals surface area (Å²) in [5.74, 6) is 0. The smallest absolute Gasteiger partial charge is 0.319 e. The highest BCUT2D eigenvalue weighted by molar-refractivity contribution is 5.89. The number of anilines is 1. The maximum absolute atomic E-state index is 11.7. The van der Waals surface area contributed by atoms with E-state index in [4.69, 9.17) is 5.73 Å². The molecule has 18 heavy (non-hydrogen) atoms. The number of carbonyl (C=O) groups excluding carboxylic acids is 1. The SMILES string of the molecule is Cc1cccc(NC(=O)NCC2(CCN)CC2)c1. The summed E-state index contributed by atoms with van der Waals surface area (Å²) in [6.45, 7) is 3.42. The molecule has 0 saturated heterocycles. The van der Waals surface area contributed by atoms with Crippen molar-refractivity contribution < 1.29 is 4.79 Å². The summed E-state index contributed by atoms with van der Waals surface area (Å²) in [7, 11) is 0. The number of amides is 2. The zero-order valence-corrected chi connectivity index (χ0v) is 10.8. The molecule has 0 atom stereocenters. The highest BCUT2D eigenvalue weighted by Crippen LogP contribution is 2.47. The Labute approximate surface area is 108 Å². The van der Waals surface area contributed by atoms with E-state index in [9.17, 15) is 4.79 Å². The van der Waals surface area contributed by atoms with Crippen molar-refractivity contribution >= 4 is 11.7 Å². The van der Waals surface area contributed by atoms with Gasteiger partial charge < -0.3 is 16.4 Å². The number of urea groups is 1. The summed E-state index contributed by atoms with van der Waals surface area (Å²) in [6, 6.07) is 7.64. The zero-order chi connectivity index (χ0) is 13.0. The van der Waals surface area contributed by atoms with E-state index >= 15 is 0 Å². The van der Waals surface area contributed by atoms with E-state index in [1.54, 1.807) is 0 Å². The van der Waals surface area contributed by atoms with Crippen molar-refractivity contribution in [2.45, 2.75) is 26.2 Å². The number of nitrogens with two attached hydrogens (primary N) is 1. The second kappa shape index (κ2) is 5.40. The third kappa shape index (κ3) is 3.47. The maximum Gasteiger partial charge on any atom is 0.319 e. The van der Waals surface area contributed by atoms with Crippen LogP contribution in [0.2, 0.25) is 0 Å². The van der Waals surface area contributed by atoms with Gasteiger partial charge in [0, 0.05) is 12.2 Å². The first-order chi connectivity index (χ1) is 8.63. The van der Waals surface area contributed by atoms with Crippen molar-refractivity contribution in [3.05, 3.63) is 29.8 Å². The van der Waals surface area contributed by atoms with Crippen molar-refractivity contribution in [2.24, 2.45) is 11.1 Å². The normalized spacial score (nSPS) is 16.1. The molecule has 0 aromatic heterocycles. The predicted molar refractivity (Wildman–Crippen MR) is 73.5 cm³/mol. The minimum atomic E-state index is -0.135. The van der Waals surface area contributed by atoms with Crippen molar-refractivity contribution in [1.82, 2.24) is 5.32 Å². The van der Waals surface area contributed by atoms with Gasteiger partial charge in [0.1, 0.15) is 0 Å². The van der Waals surface area contributed by atoms with E-state index in [1.165, 1.54) is 12.8 Å². The average molecular weight is 247 g/mol. The molecule has 4 heteroatoms. The van der Waals surface area contributed by atoms with Crippen molar-refractivity contribution in [1.29, 1.82) is 0 Å². The van der Waals surface area contributed by atoms with Crippen molar-refractivity contribution in [2.75, 3.05) is 18.4 Å². The highest BCUT2D eigenvalue weighted by Gasteiger charge is 2.41. The molecule has 4 nitrogen and oxygen atoms in total. The van der Waals surface area contributed by atoms with E-state index < -0.39 is 0 Å². The van der Waals surface area contributed by atoms with Crippen molar-refractivity contribution in [3.63, 3.8) is 0 Å². The van der Waals surface area contributed by atoms with Crippen LogP contribution in [0.3, 0.4) is 0 Å². The second-order valence-corrected chi connectivity index (χ2v) is 5.22. The topological polar surface area (TPSA) is 67.2 Å². The first-order valence-corrected chi connectivity index (χ1v) is 6.45. The average Bonchev–Trinajstić information content (AvgIpc) is 3.08. The van der Waals surface area contributed by atoms with Gasteiger partial charge in [0.25, 0.3) is 0 Å². The Morgan fingerprint density at radius 1 is 1.44 bits per heavy atom. The monoisotopic (exact) mass is 247 g/mol. The van der Waals surface area contributed by atoms with Gasteiger partial charge >= 0.3 is 6.03 Å². The van der Waals surface area contributed by atoms with Crippen LogP contribution < -0.4 is 16.4 Å². The first-order valence-electron chi connectivity index (χ1n) is 6.45. The van der Waals surface area contributed by atoms with Crippen LogP contribution in [0, 0.1) is 12.3 Å². The Bertz CT molecular complexity index is 427. The van der Waals surface area contributed by atoms with E-state index in [0.717, 1.165) is 24.2 Å². The standard InChI is InChI=1S/C14H21N3O/c1-11-3-2-4-12(9-11)17-13(18)16-10-14(5-6-14)7-8-15/h2-4,9H,5-8,10,15H2,1H3,(H2,16,17,18). The molecule has 0 bridgehead atoms. The van der Waals surface area contributed by atoms with E-state index in [0.29, 0.717) is 6.54 Å². The second-order valence-electron chi connectivity index (χ2n) is 5.22. The molecule has 0 spiro atoms. The lowest BCUT2D eigenvalue weighted by Crippen LogP contribution is -2.34. The third-order valence-electron chi connectivity index (χ3n) is 3.53. The summed E-state index contributed by atoms with van der Waals surface area (Å²) < 4.78 is 0. The zero-order valence-electron chi connectivity index (χ0n) is 10.8. The van der Waals surface area contributed by atoms with Crippen molar-refractivity contribution in [3.8, 4) is 0 Å². The minimum absolute atomic E-state index is 0.135. The first kappa shape index (κ1) is 12.9. The molecule has 98 valence electrons. The van der Waals surface area contributed by atoms with Crippen LogP contribution in [0.25, 0.3) is 0 Å². The number of benzene rings is 1. The Kier molecular flexibility index (Phi) is 3.87. The Balaban J connectivity index is 1.79. The minimum Gasteiger partial charge on any atom is -0.337 e. The molecule has 4 N–H and O–H groups in total. The molecule has 0 radical (unpaired) electrons. The number of nitrogens with one attached hydrogen (secondary N) is 2. The number of aryl methyl sites for hydroxylation is 1. The maximum atomic E-state index is 11.7. The Hall–Kier alpha value is -1.55. The molecule has 0 aliphatic heterocycles. The summed E-state index contributed by atoms with van der Waals surface area (Å²) in [5, 5.41) is 5.78. The molecule has 0 heterocycles. The molecule has 1 aromatic carbocycles. The number of carbonyl (C=O) groups is 1. The predicted octanol–water partition coefficient (Wildman–Crippen LogP) is 2.25. The highest BCUT2D eigenvalue weighted by atomic mass is 16.2. The summed E-state index contributed by atoms with van der Waals surface area (Å²) in [4.78, 5) is 11.7. The fourth-order valence-corrected chi connectivity index (χ4v) is 2.16. The number of hydrogen-bond acceptors (Lipinski definition) is 2. The van der Waals surface area contributed by atoms with Gasteiger partial charge in [0.15, 0.2) is 0 Å². The molecule has 1 saturated carbocycles. The number of hydrogen-bond donors (Lipinski definition) is 3. The molecule has 2 rings (SSSR count). The van der Waals surface area contributed by atoms with Gasteiger partial charge in [-0.05, 0) is 55.8 Å². The van der Waals surface area contributed by atoms with Crippen LogP contribution in [0.5, 0.6) is 0 Å². The third-order valence-corrected chi connectivity index (χ3v) is 3.53. The van der Waals surface area contributed by atoms with Gasteiger partial charge in [0.2, 0.25) is 0 Å². The quantitative estimate of drug-likeness (QED) is 0.747. The van der Waals surface area contributed by atoms with Crippen LogP contribution in [-0.2, 0) is 0 Å². The summed E-state index contributed by atoms with van der Waals surface area (Å²) >= 11 is 0. The van der Waals surface area contributed by atoms with Gasteiger partial charge in [-0.3, -0.25) is 0 Å². The number of rotatable bonds is 5. The van der Waals surface area contributed by atoms with Gasteiger partial charge in [-0.2, -0.15) is 0 Å². The van der Waals surface area contributed by atoms with Crippen LogP contribution in [0.4, 0.5) is 10.5 Å². The van der Waals surface area contributed by atoms with E-state index in [1.807, 2.05) is 31.2 Å². The van der Waals surface area contributed by atoms with Gasteiger partial charge in [-0.25, -0.2) is 4.79 Å². The molecule has 1 aliphatic carbocycles. The van der Waals surface area contributed by atoms with Crippen LogP contribution in [-0.4, -0.2) is 19.1 Å². The Morgan fingerprint density at radius 3 is 2.83 bits per heavy atom. The fraction of sp³-hybridized carbons (Fsp3) is 0.500. The lowest BCUT2D eigenvalue weighted by Gasteiger charge is -2.15. The Morgan fingerprint density at radius 2 is 2.22 bits per heavy atom. The molecule has 2 amide bonds. The van der Waals surface area contributed by atoms with E-state index in [-0.39, 0.29) is 11.4 Å². The summed E-state index contributed by atoms with van der Waals surface area (Å²) in [5.41, 5.74) is 7.81. The lowest BCUT2D eigenvalue weighted by molar-refractivity contribution is 0.249. The fourth-order valence-electron chi connectivity index (χ4n) is 2.16. The van der Waals surface area contributed by atoms with Gasteiger partial charge in [0.05, 0.1) is 0 Å². The molecular formula is C14H21N3O.